The van der Waals surface area contributed by atoms with Crippen LogP contribution in [-0.4, -0.2) is 42.7 Å². The van der Waals surface area contributed by atoms with Crippen LogP contribution in [0, 0.1) is 0 Å². The molecule has 1 aliphatic heterocycles. The Bertz CT molecular complexity index is 893. The van der Waals surface area contributed by atoms with Gasteiger partial charge in [-0.3, -0.25) is 4.79 Å². The molecule has 28 heavy (non-hydrogen) atoms. The summed E-state index contributed by atoms with van der Waals surface area (Å²) in [5, 5.41) is 7.93. The number of nitrogens with zero attached hydrogens (tertiary/aromatic N) is 2. The standard InChI is InChI=1S/C21H28N2O4S/c1-21(2,28(25,26)18-7-5-4-6-8-18)20(24)14-16-13-19(23-22-16)15-9-11-17(27-3)12-10-15/h9-12,18H,4-8,13-14H2,1-3H3. The number of ketones is 1. The SMILES string of the molecule is COc1ccc(C2=NN=C(CC(=O)C(C)(C)S(=O)(=O)C3CCCCC3)C2)cc1. The molecule has 2 aliphatic rings. The Kier molecular flexibility index (Phi) is 6.03. The van der Waals surface area contributed by atoms with Gasteiger partial charge >= 0.3 is 0 Å². The fourth-order valence-corrected chi connectivity index (χ4v) is 5.96. The van der Waals surface area contributed by atoms with Crippen molar-refractivity contribution in [1.82, 2.24) is 0 Å². The molecule has 6 nitrogen and oxygen atoms in total. The zero-order valence-electron chi connectivity index (χ0n) is 16.8. The quantitative estimate of drug-likeness (QED) is 0.693. The number of benzene rings is 1. The molecule has 152 valence electrons. The summed E-state index contributed by atoms with van der Waals surface area (Å²) in [5.74, 6) is 0.455. The smallest absolute Gasteiger partial charge is 0.165 e. The number of Topliss-reactive ketones (excluding diaryl/α,β-unsaturated/α-hetero) is 1. The second-order valence-electron chi connectivity index (χ2n) is 8.03. The highest BCUT2D eigenvalue weighted by Gasteiger charge is 2.46. The third kappa shape index (κ3) is 4.04. The number of methoxy groups -OCH3 is 1. The lowest BCUT2D eigenvalue weighted by Crippen LogP contribution is -2.47. The highest BCUT2D eigenvalue weighted by atomic mass is 32.2. The van der Waals surface area contributed by atoms with E-state index in [1.807, 2.05) is 24.3 Å². The molecule has 0 saturated heterocycles. The van der Waals surface area contributed by atoms with Crippen molar-refractivity contribution in [3.8, 4) is 5.75 Å². The zero-order valence-corrected chi connectivity index (χ0v) is 17.6. The van der Waals surface area contributed by atoms with Gasteiger partial charge in [0.1, 0.15) is 10.5 Å². The molecule has 7 heteroatoms. The molecule has 0 amide bonds. The largest absolute Gasteiger partial charge is 0.497 e. The number of rotatable bonds is 7. The summed E-state index contributed by atoms with van der Waals surface area (Å²) in [6, 6.07) is 7.49. The van der Waals surface area contributed by atoms with Crippen molar-refractivity contribution in [1.29, 1.82) is 0 Å². The first kappa shape index (κ1) is 20.7. The van der Waals surface area contributed by atoms with Crippen LogP contribution in [0.1, 0.15) is 64.4 Å². The Morgan fingerprint density at radius 1 is 1.11 bits per heavy atom. The molecule has 1 fully saturated rings. The molecule has 0 unspecified atom stereocenters. The normalized spacial score (nSPS) is 18.5. The Balaban J connectivity index is 1.64. The van der Waals surface area contributed by atoms with Crippen molar-refractivity contribution >= 4 is 27.0 Å². The zero-order chi connectivity index (χ0) is 20.4. The van der Waals surface area contributed by atoms with Gasteiger partial charge in [-0.25, -0.2) is 8.42 Å². The van der Waals surface area contributed by atoms with E-state index in [0.717, 1.165) is 36.3 Å². The van der Waals surface area contributed by atoms with Crippen LogP contribution in [0.15, 0.2) is 34.5 Å². The van der Waals surface area contributed by atoms with E-state index in [2.05, 4.69) is 10.2 Å². The second-order valence-corrected chi connectivity index (χ2v) is 10.8. The van der Waals surface area contributed by atoms with E-state index >= 15 is 0 Å². The lowest BCUT2D eigenvalue weighted by atomic mass is 9.98. The first-order chi connectivity index (χ1) is 13.3. The van der Waals surface area contributed by atoms with Gasteiger partial charge in [-0.05, 0) is 56.5 Å². The van der Waals surface area contributed by atoms with Gasteiger partial charge < -0.3 is 4.74 Å². The maximum absolute atomic E-state index is 13.1. The highest BCUT2D eigenvalue weighted by Crippen LogP contribution is 2.33. The summed E-state index contributed by atoms with van der Waals surface area (Å²) in [5.41, 5.74) is 2.31. The summed E-state index contributed by atoms with van der Waals surface area (Å²) in [6.07, 6.45) is 4.69. The third-order valence-electron chi connectivity index (χ3n) is 5.85. The predicted octanol–water partition coefficient (Wildman–Crippen LogP) is 3.73. The van der Waals surface area contributed by atoms with E-state index in [-0.39, 0.29) is 12.2 Å². The molecule has 1 aliphatic carbocycles. The summed E-state index contributed by atoms with van der Waals surface area (Å²) in [7, 11) is -1.92. The summed E-state index contributed by atoms with van der Waals surface area (Å²) in [6.45, 7) is 3.08. The molecular formula is C21H28N2O4S. The van der Waals surface area contributed by atoms with Crippen molar-refractivity contribution in [2.75, 3.05) is 7.11 Å². The fourth-order valence-electron chi connectivity index (χ4n) is 3.79. The van der Waals surface area contributed by atoms with Crippen molar-refractivity contribution in [3.63, 3.8) is 0 Å². The van der Waals surface area contributed by atoms with Crippen molar-refractivity contribution < 1.29 is 17.9 Å². The number of hydrogen-bond donors (Lipinski definition) is 0. The molecule has 3 rings (SSSR count). The second kappa shape index (κ2) is 8.15. The van der Waals surface area contributed by atoms with E-state index in [1.54, 1.807) is 21.0 Å². The molecule has 0 spiro atoms. The summed E-state index contributed by atoms with van der Waals surface area (Å²) in [4.78, 5) is 12.9. The van der Waals surface area contributed by atoms with Crippen LogP contribution in [0.2, 0.25) is 0 Å². The van der Waals surface area contributed by atoms with Crippen molar-refractivity contribution in [2.45, 2.75) is 68.8 Å². The maximum atomic E-state index is 13.1. The number of hydrogen-bond acceptors (Lipinski definition) is 6. The van der Waals surface area contributed by atoms with Crippen LogP contribution in [0.4, 0.5) is 0 Å². The molecule has 1 saturated carbocycles. The van der Waals surface area contributed by atoms with E-state index < -0.39 is 19.8 Å². The Morgan fingerprint density at radius 3 is 2.36 bits per heavy atom. The first-order valence-corrected chi connectivity index (χ1v) is 11.3. The van der Waals surface area contributed by atoms with Gasteiger partial charge in [-0.2, -0.15) is 10.2 Å². The molecule has 1 heterocycles. The number of carbonyl (C=O) groups excluding carboxylic acids is 1. The summed E-state index contributed by atoms with van der Waals surface area (Å²) < 4.78 is 29.9. The molecule has 0 atom stereocenters. The predicted molar refractivity (Wildman–Crippen MR) is 111 cm³/mol. The topological polar surface area (TPSA) is 85.2 Å². The lowest BCUT2D eigenvalue weighted by Gasteiger charge is -2.31. The van der Waals surface area contributed by atoms with E-state index in [0.29, 0.717) is 25.0 Å². The van der Waals surface area contributed by atoms with E-state index in [1.165, 1.54) is 0 Å². The van der Waals surface area contributed by atoms with Gasteiger partial charge in [0, 0.05) is 12.8 Å². The number of ether oxygens (including phenoxy) is 1. The molecule has 0 bridgehead atoms. The van der Waals surface area contributed by atoms with Crippen LogP contribution in [-0.2, 0) is 14.6 Å². The monoisotopic (exact) mass is 404 g/mol. The molecule has 1 aromatic carbocycles. The van der Waals surface area contributed by atoms with Crippen LogP contribution in [0.5, 0.6) is 5.75 Å². The molecule has 0 radical (unpaired) electrons. The minimum atomic E-state index is -3.53. The van der Waals surface area contributed by atoms with Gasteiger partial charge in [0.05, 0.1) is 23.8 Å². The summed E-state index contributed by atoms with van der Waals surface area (Å²) >= 11 is 0. The molecule has 0 N–H and O–H groups in total. The third-order valence-corrected chi connectivity index (χ3v) is 8.84. The van der Waals surface area contributed by atoms with E-state index in [9.17, 15) is 13.2 Å². The van der Waals surface area contributed by atoms with Gasteiger partial charge in [0.15, 0.2) is 15.6 Å². The first-order valence-electron chi connectivity index (χ1n) is 9.79. The van der Waals surface area contributed by atoms with Crippen LogP contribution in [0.25, 0.3) is 0 Å². The van der Waals surface area contributed by atoms with Crippen molar-refractivity contribution in [3.05, 3.63) is 29.8 Å². The molecular weight excluding hydrogens is 376 g/mol. The number of carbonyl (C=O) groups is 1. The average Bonchev–Trinajstić information content (AvgIpc) is 3.17. The maximum Gasteiger partial charge on any atom is 0.165 e. The van der Waals surface area contributed by atoms with Gasteiger partial charge in [0.25, 0.3) is 0 Å². The molecule has 1 aromatic rings. The van der Waals surface area contributed by atoms with Crippen LogP contribution in [0.3, 0.4) is 0 Å². The Hall–Kier alpha value is -2.02. The van der Waals surface area contributed by atoms with Crippen LogP contribution >= 0.6 is 0 Å². The number of sulfone groups is 1. The van der Waals surface area contributed by atoms with Gasteiger partial charge in [-0.15, -0.1) is 0 Å². The molecule has 0 aromatic heterocycles. The van der Waals surface area contributed by atoms with E-state index in [4.69, 9.17) is 4.74 Å². The average molecular weight is 405 g/mol. The van der Waals surface area contributed by atoms with Gasteiger partial charge in [-0.1, -0.05) is 19.3 Å². The fraction of sp³-hybridized carbons (Fsp3) is 0.571. The lowest BCUT2D eigenvalue weighted by molar-refractivity contribution is -0.119. The Labute approximate surface area is 167 Å². The highest BCUT2D eigenvalue weighted by molar-refractivity contribution is 7.94. The van der Waals surface area contributed by atoms with Crippen molar-refractivity contribution in [2.24, 2.45) is 10.2 Å². The minimum Gasteiger partial charge on any atom is -0.497 e. The minimum absolute atomic E-state index is 0.0160. The Morgan fingerprint density at radius 2 is 1.75 bits per heavy atom. The van der Waals surface area contributed by atoms with Crippen LogP contribution < -0.4 is 4.74 Å². The van der Waals surface area contributed by atoms with Gasteiger partial charge in [0.2, 0.25) is 0 Å².